The van der Waals surface area contributed by atoms with Crippen LogP contribution in [0.1, 0.15) is 58.3 Å². The number of nitrogens with one attached hydrogen (secondary N) is 1. The SMILES string of the molecule is CCC1CCC(NC)C(CN(C)C2CCCCC2O)C1. The van der Waals surface area contributed by atoms with E-state index in [-0.39, 0.29) is 6.10 Å². The molecule has 20 heavy (non-hydrogen) atoms. The van der Waals surface area contributed by atoms with E-state index in [2.05, 4.69) is 31.2 Å². The zero-order valence-electron chi connectivity index (χ0n) is 13.6. The summed E-state index contributed by atoms with van der Waals surface area (Å²) in [5.74, 6) is 1.66. The Hall–Kier alpha value is -0.120. The molecule has 0 aliphatic heterocycles. The van der Waals surface area contributed by atoms with Crippen molar-refractivity contribution in [1.82, 2.24) is 10.2 Å². The van der Waals surface area contributed by atoms with Crippen LogP contribution in [0.3, 0.4) is 0 Å². The van der Waals surface area contributed by atoms with Gasteiger partial charge in [-0.2, -0.15) is 0 Å². The molecule has 0 bridgehead atoms. The molecule has 0 aromatic carbocycles. The number of rotatable bonds is 5. The molecule has 3 nitrogen and oxygen atoms in total. The lowest BCUT2D eigenvalue weighted by Gasteiger charge is -2.41. The number of aliphatic hydroxyl groups is 1. The summed E-state index contributed by atoms with van der Waals surface area (Å²) >= 11 is 0. The third-order valence-electron chi connectivity index (χ3n) is 5.82. The van der Waals surface area contributed by atoms with Crippen molar-refractivity contribution in [2.75, 3.05) is 20.6 Å². The van der Waals surface area contributed by atoms with Crippen LogP contribution < -0.4 is 5.32 Å². The average Bonchev–Trinajstić information content (AvgIpc) is 2.47. The van der Waals surface area contributed by atoms with Crippen molar-refractivity contribution in [3.8, 4) is 0 Å². The number of hydrogen-bond donors (Lipinski definition) is 2. The van der Waals surface area contributed by atoms with E-state index in [1.165, 1.54) is 44.9 Å². The minimum Gasteiger partial charge on any atom is -0.391 e. The van der Waals surface area contributed by atoms with Gasteiger partial charge in [-0.3, -0.25) is 0 Å². The van der Waals surface area contributed by atoms with Crippen LogP contribution in [0.4, 0.5) is 0 Å². The first-order chi connectivity index (χ1) is 9.65. The van der Waals surface area contributed by atoms with Crippen LogP contribution >= 0.6 is 0 Å². The molecule has 2 saturated carbocycles. The molecule has 0 radical (unpaired) electrons. The van der Waals surface area contributed by atoms with E-state index in [4.69, 9.17) is 0 Å². The first kappa shape index (κ1) is 16.3. The fourth-order valence-electron chi connectivity index (χ4n) is 4.42. The Balaban J connectivity index is 1.91. The van der Waals surface area contributed by atoms with Crippen molar-refractivity contribution in [3.63, 3.8) is 0 Å². The van der Waals surface area contributed by atoms with Gasteiger partial charge < -0.3 is 15.3 Å². The summed E-state index contributed by atoms with van der Waals surface area (Å²) in [6.07, 6.45) is 9.92. The monoisotopic (exact) mass is 282 g/mol. The van der Waals surface area contributed by atoms with Crippen LogP contribution in [0, 0.1) is 11.8 Å². The Kier molecular flexibility index (Phi) is 6.31. The van der Waals surface area contributed by atoms with Crippen molar-refractivity contribution in [3.05, 3.63) is 0 Å². The number of nitrogens with zero attached hydrogens (tertiary/aromatic N) is 1. The van der Waals surface area contributed by atoms with Gasteiger partial charge in [0.1, 0.15) is 0 Å². The molecule has 0 spiro atoms. The maximum absolute atomic E-state index is 10.2. The zero-order valence-corrected chi connectivity index (χ0v) is 13.6. The lowest BCUT2D eigenvalue weighted by molar-refractivity contribution is 0.0175. The largest absolute Gasteiger partial charge is 0.391 e. The zero-order chi connectivity index (χ0) is 14.5. The summed E-state index contributed by atoms with van der Waals surface area (Å²) in [5.41, 5.74) is 0. The Morgan fingerprint density at radius 1 is 1.15 bits per heavy atom. The molecule has 0 amide bonds. The second kappa shape index (κ2) is 7.77. The molecule has 0 heterocycles. The molecule has 5 atom stereocenters. The summed E-state index contributed by atoms with van der Waals surface area (Å²) in [7, 11) is 4.33. The third-order valence-corrected chi connectivity index (χ3v) is 5.82. The highest BCUT2D eigenvalue weighted by Crippen LogP contribution is 2.33. The van der Waals surface area contributed by atoms with Crippen molar-refractivity contribution in [2.24, 2.45) is 11.8 Å². The number of likely N-dealkylation sites (N-methyl/N-ethyl adjacent to an activating group) is 1. The van der Waals surface area contributed by atoms with Gasteiger partial charge in [0.25, 0.3) is 0 Å². The highest BCUT2D eigenvalue weighted by molar-refractivity contribution is 4.88. The highest BCUT2D eigenvalue weighted by Gasteiger charge is 2.33. The molecule has 2 rings (SSSR count). The van der Waals surface area contributed by atoms with Gasteiger partial charge >= 0.3 is 0 Å². The molecule has 3 heteroatoms. The standard InChI is InChI=1S/C17H34N2O/c1-4-13-9-10-15(18-2)14(11-13)12-19(3)16-7-5-6-8-17(16)20/h13-18,20H,4-12H2,1-3H3. The number of hydrogen-bond acceptors (Lipinski definition) is 3. The van der Waals surface area contributed by atoms with Crippen LogP contribution in [-0.2, 0) is 0 Å². The van der Waals surface area contributed by atoms with Gasteiger partial charge in [-0.15, -0.1) is 0 Å². The molecule has 2 fully saturated rings. The molecule has 5 unspecified atom stereocenters. The first-order valence-electron chi connectivity index (χ1n) is 8.71. The maximum atomic E-state index is 10.2. The van der Waals surface area contributed by atoms with Gasteiger partial charge in [0.2, 0.25) is 0 Å². The molecule has 2 aliphatic carbocycles. The fourth-order valence-corrected chi connectivity index (χ4v) is 4.42. The van der Waals surface area contributed by atoms with Crippen LogP contribution in [0.2, 0.25) is 0 Å². The predicted octanol–water partition coefficient (Wildman–Crippen LogP) is 2.64. The molecule has 2 N–H and O–H groups in total. The number of aliphatic hydroxyl groups excluding tert-OH is 1. The van der Waals surface area contributed by atoms with Crippen LogP contribution in [0.25, 0.3) is 0 Å². The Morgan fingerprint density at radius 3 is 2.55 bits per heavy atom. The topological polar surface area (TPSA) is 35.5 Å². The smallest absolute Gasteiger partial charge is 0.0695 e. The van der Waals surface area contributed by atoms with E-state index < -0.39 is 0 Å². The van der Waals surface area contributed by atoms with E-state index in [1.54, 1.807) is 0 Å². The molecule has 0 aromatic heterocycles. The van der Waals surface area contributed by atoms with E-state index in [1.807, 2.05) is 0 Å². The van der Waals surface area contributed by atoms with Crippen molar-refractivity contribution in [1.29, 1.82) is 0 Å². The highest BCUT2D eigenvalue weighted by atomic mass is 16.3. The van der Waals surface area contributed by atoms with Gasteiger partial charge in [0.15, 0.2) is 0 Å². The molecule has 0 saturated heterocycles. The summed E-state index contributed by atoms with van der Waals surface area (Å²) in [6, 6.07) is 1.06. The summed E-state index contributed by atoms with van der Waals surface area (Å²) in [5, 5.41) is 13.8. The molecule has 2 aliphatic rings. The summed E-state index contributed by atoms with van der Waals surface area (Å²) in [6.45, 7) is 3.47. The molecular weight excluding hydrogens is 248 g/mol. The van der Waals surface area contributed by atoms with E-state index in [0.29, 0.717) is 12.1 Å². The summed E-state index contributed by atoms with van der Waals surface area (Å²) < 4.78 is 0. The van der Waals surface area contributed by atoms with Crippen molar-refractivity contribution >= 4 is 0 Å². The Labute approximate surface area is 125 Å². The summed E-state index contributed by atoms with van der Waals surface area (Å²) in [4.78, 5) is 2.46. The van der Waals surface area contributed by atoms with Gasteiger partial charge in [0.05, 0.1) is 6.10 Å². The molecule has 118 valence electrons. The third kappa shape index (κ3) is 3.96. The minimum absolute atomic E-state index is 0.104. The van der Waals surface area contributed by atoms with E-state index in [0.717, 1.165) is 24.8 Å². The van der Waals surface area contributed by atoms with Crippen LogP contribution in [0.15, 0.2) is 0 Å². The quantitative estimate of drug-likeness (QED) is 0.814. The minimum atomic E-state index is -0.104. The second-order valence-electron chi connectivity index (χ2n) is 7.10. The van der Waals surface area contributed by atoms with E-state index in [9.17, 15) is 5.11 Å². The first-order valence-corrected chi connectivity index (χ1v) is 8.71. The normalized spacial score (nSPS) is 39.1. The van der Waals surface area contributed by atoms with Gasteiger partial charge in [0, 0.05) is 18.6 Å². The molecule has 0 aromatic rings. The lowest BCUT2D eigenvalue weighted by atomic mass is 9.76. The average molecular weight is 282 g/mol. The van der Waals surface area contributed by atoms with Crippen molar-refractivity contribution < 1.29 is 5.11 Å². The van der Waals surface area contributed by atoms with Crippen LogP contribution in [0.5, 0.6) is 0 Å². The lowest BCUT2D eigenvalue weighted by Crippen LogP contribution is -2.49. The Bertz CT molecular complexity index is 284. The van der Waals surface area contributed by atoms with Gasteiger partial charge in [-0.25, -0.2) is 0 Å². The predicted molar refractivity (Wildman–Crippen MR) is 84.9 cm³/mol. The van der Waals surface area contributed by atoms with Gasteiger partial charge in [-0.1, -0.05) is 26.2 Å². The van der Waals surface area contributed by atoms with Gasteiger partial charge in [-0.05, 0) is 58.0 Å². The second-order valence-corrected chi connectivity index (χ2v) is 7.10. The molecular formula is C17H34N2O. The van der Waals surface area contributed by atoms with Crippen LogP contribution in [-0.4, -0.2) is 48.8 Å². The maximum Gasteiger partial charge on any atom is 0.0695 e. The van der Waals surface area contributed by atoms with Crippen molar-refractivity contribution in [2.45, 2.75) is 76.5 Å². The fraction of sp³-hybridized carbons (Fsp3) is 1.00. The Morgan fingerprint density at radius 2 is 1.90 bits per heavy atom. The van der Waals surface area contributed by atoms with E-state index >= 15 is 0 Å².